The van der Waals surface area contributed by atoms with E-state index in [9.17, 15) is 0 Å². The van der Waals surface area contributed by atoms with Crippen LogP contribution in [-0.2, 0) is 19.8 Å². The van der Waals surface area contributed by atoms with Crippen molar-refractivity contribution >= 4 is 19.7 Å². The van der Waals surface area contributed by atoms with Gasteiger partial charge in [-0.25, -0.2) is 0 Å². The summed E-state index contributed by atoms with van der Waals surface area (Å²) in [7, 11) is -3.10. The number of benzene rings is 2. The van der Waals surface area contributed by atoms with Crippen molar-refractivity contribution in [3.8, 4) is 0 Å². The maximum atomic E-state index is 6.46. The van der Waals surface area contributed by atoms with Crippen molar-refractivity contribution in [3.63, 3.8) is 0 Å². The van der Waals surface area contributed by atoms with Gasteiger partial charge >= 0.3 is 8.80 Å². The van der Waals surface area contributed by atoms with Crippen molar-refractivity contribution in [2.45, 2.75) is 80.2 Å². The van der Waals surface area contributed by atoms with E-state index in [-0.39, 0.29) is 18.3 Å². The summed E-state index contributed by atoms with van der Waals surface area (Å²) in [6.07, 6.45) is 4.35. The predicted molar refractivity (Wildman–Crippen MR) is 138 cm³/mol. The van der Waals surface area contributed by atoms with Crippen molar-refractivity contribution in [1.29, 1.82) is 0 Å². The molecule has 3 rings (SSSR count). The predicted octanol–water partition coefficient (Wildman–Crippen LogP) is 5.48. The van der Waals surface area contributed by atoms with Crippen LogP contribution in [0.3, 0.4) is 0 Å². The van der Waals surface area contributed by atoms with Gasteiger partial charge in [0.05, 0.1) is 6.67 Å². The Bertz CT molecular complexity index is 894. The molecule has 0 fully saturated rings. The normalized spacial score (nSPS) is 14.4. The summed E-state index contributed by atoms with van der Waals surface area (Å²) >= 11 is 0. The van der Waals surface area contributed by atoms with Gasteiger partial charge in [-0.05, 0) is 72.1 Å². The van der Waals surface area contributed by atoms with Gasteiger partial charge in [-0.1, -0.05) is 42.5 Å². The molecule has 0 radical (unpaired) electrons. The standard InChI is InChI=1S/C27H40N2O3Si/c1-20(2)30-33(31-21(3)4,32-22(5)6)26-16-23(7)27(24(8)17-26)29-15-14-28(19-29)18-25-12-10-9-11-13-25/h9-17,20-22H,18-19H2,1-8H3. The summed E-state index contributed by atoms with van der Waals surface area (Å²) in [4.78, 5) is 4.64. The van der Waals surface area contributed by atoms with E-state index >= 15 is 0 Å². The molecule has 0 saturated heterocycles. The second kappa shape index (κ2) is 10.9. The van der Waals surface area contributed by atoms with Crippen LogP contribution < -0.4 is 10.1 Å². The zero-order valence-corrected chi connectivity index (χ0v) is 22.5. The highest BCUT2D eigenvalue weighted by molar-refractivity contribution is 6.75. The Labute approximate surface area is 201 Å². The molecule has 2 aromatic carbocycles. The average molecular weight is 469 g/mol. The number of nitrogens with zero attached hydrogens (tertiary/aromatic N) is 2. The number of aryl methyl sites for hydroxylation is 2. The largest absolute Gasteiger partial charge is 0.537 e. The van der Waals surface area contributed by atoms with E-state index in [1.807, 2.05) is 41.5 Å². The van der Waals surface area contributed by atoms with Gasteiger partial charge in [-0.15, -0.1) is 0 Å². The zero-order chi connectivity index (χ0) is 24.2. The number of hydrogen-bond acceptors (Lipinski definition) is 5. The molecule has 1 aliphatic heterocycles. The molecule has 6 heteroatoms. The molecule has 0 saturated carbocycles. The van der Waals surface area contributed by atoms with Gasteiger partial charge in [0.2, 0.25) is 0 Å². The SMILES string of the molecule is Cc1cc([Si](OC(C)C)(OC(C)C)OC(C)C)cc(C)c1N1C=CN(Cc2ccccc2)C1. The molecule has 0 amide bonds. The maximum absolute atomic E-state index is 6.46. The molecular weight excluding hydrogens is 428 g/mol. The fourth-order valence-corrected chi connectivity index (χ4v) is 7.56. The van der Waals surface area contributed by atoms with Gasteiger partial charge in [0, 0.05) is 48.1 Å². The maximum Gasteiger partial charge on any atom is 0.537 e. The number of rotatable bonds is 10. The Morgan fingerprint density at radius 1 is 0.788 bits per heavy atom. The second-order valence-corrected chi connectivity index (χ2v) is 12.1. The molecule has 1 aliphatic rings. The van der Waals surface area contributed by atoms with Crippen LogP contribution in [0.1, 0.15) is 58.2 Å². The lowest BCUT2D eigenvalue weighted by Gasteiger charge is -2.35. The third kappa shape index (κ3) is 6.48. The van der Waals surface area contributed by atoms with Crippen molar-refractivity contribution in [3.05, 3.63) is 71.6 Å². The Hall–Kier alpha value is -2.12. The van der Waals surface area contributed by atoms with Crippen LogP contribution in [0, 0.1) is 13.8 Å². The molecule has 0 atom stereocenters. The minimum absolute atomic E-state index is 0.00233. The van der Waals surface area contributed by atoms with E-state index in [0.717, 1.165) is 18.4 Å². The Balaban J connectivity index is 1.89. The third-order valence-corrected chi connectivity index (χ3v) is 8.67. The quantitative estimate of drug-likeness (QED) is 0.432. The monoisotopic (exact) mass is 468 g/mol. The van der Waals surface area contributed by atoms with E-state index in [0.29, 0.717) is 0 Å². The Morgan fingerprint density at radius 3 is 1.79 bits per heavy atom. The first kappa shape index (κ1) is 25.5. The summed E-state index contributed by atoms with van der Waals surface area (Å²) in [6.45, 7) is 18.3. The molecule has 5 nitrogen and oxygen atoms in total. The highest BCUT2D eigenvalue weighted by Gasteiger charge is 2.47. The van der Waals surface area contributed by atoms with Gasteiger partial charge < -0.3 is 23.1 Å². The number of hydrogen-bond donors (Lipinski definition) is 0. The van der Waals surface area contributed by atoms with Crippen LogP contribution in [0.2, 0.25) is 0 Å². The van der Waals surface area contributed by atoms with E-state index in [4.69, 9.17) is 13.3 Å². The van der Waals surface area contributed by atoms with Crippen LogP contribution in [-0.4, -0.2) is 38.7 Å². The van der Waals surface area contributed by atoms with Gasteiger partial charge in [0.15, 0.2) is 0 Å². The average Bonchev–Trinajstić information content (AvgIpc) is 3.14. The van der Waals surface area contributed by atoms with Gasteiger partial charge in [0.25, 0.3) is 0 Å². The summed E-state index contributed by atoms with van der Waals surface area (Å²) in [5.41, 5.74) is 4.93. The van der Waals surface area contributed by atoms with Crippen LogP contribution in [0.15, 0.2) is 54.9 Å². The van der Waals surface area contributed by atoms with Crippen molar-refractivity contribution in [2.75, 3.05) is 11.6 Å². The van der Waals surface area contributed by atoms with E-state index in [1.54, 1.807) is 0 Å². The first-order valence-corrected chi connectivity index (χ1v) is 13.7. The summed E-state index contributed by atoms with van der Waals surface area (Å²) in [5, 5.41) is 1.03. The molecule has 0 N–H and O–H groups in total. The second-order valence-electron chi connectivity index (χ2n) is 9.66. The molecule has 33 heavy (non-hydrogen) atoms. The molecule has 0 unspecified atom stereocenters. The lowest BCUT2D eigenvalue weighted by Crippen LogP contribution is -2.60. The molecule has 0 spiro atoms. The summed E-state index contributed by atoms with van der Waals surface area (Å²) in [6, 6.07) is 15.0. The van der Waals surface area contributed by atoms with E-state index in [2.05, 4.69) is 78.5 Å². The smallest absolute Gasteiger partial charge is 0.367 e. The molecule has 1 heterocycles. The van der Waals surface area contributed by atoms with E-state index < -0.39 is 8.80 Å². The van der Waals surface area contributed by atoms with Gasteiger partial charge in [-0.2, -0.15) is 0 Å². The Morgan fingerprint density at radius 2 is 1.30 bits per heavy atom. The van der Waals surface area contributed by atoms with Crippen LogP contribution in [0.5, 0.6) is 0 Å². The summed E-state index contributed by atoms with van der Waals surface area (Å²) in [5.74, 6) is 0. The van der Waals surface area contributed by atoms with Crippen LogP contribution >= 0.6 is 0 Å². The molecular formula is C27H40N2O3Si. The van der Waals surface area contributed by atoms with Crippen molar-refractivity contribution in [1.82, 2.24) is 4.90 Å². The van der Waals surface area contributed by atoms with E-state index in [1.165, 1.54) is 22.4 Å². The lowest BCUT2D eigenvalue weighted by molar-refractivity contribution is 0.0153. The van der Waals surface area contributed by atoms with Crippen molar-refractivity contribution in [2.24, 2.45) is 0 Å². The van der Waals surface area contributed by atoms with Crippen molar-refractivity contribution < 1.29 is 13.3 Å². The van der Waals surface area contributed by atoms with Gasteiger partial charge in [0.1, 0.15) is 0 Å². The molecule has 180 valence electrons. The molecule has 0 aliphatic carbocycles. The zero-order valence-electron chi connectivity index (χ0n) is 21.5. The first-order chi connectivity index (χ1) is 15.6. The van der Waals surface area contributed by atoms with Gasteiger partial charge in [-0.3, -0.25) is 0 Å². The number of anilines is 1. The molecule has 2 aromatic rings. The summed E-state index contributed by atoms with van der Waals surface area (Å²) < 4.78 is 19.4. The minimum atomic E-state index is -3.10. The highest BCUT2D eigenvalue weighted by atomic mass is 28.4. The first-order valence-electron chi connectivity index (χ1n) is 12.0. The Kier molecular flexibility index (Phi) is 8.40. The fourth-order valence-electron chi connectivity index (χ4n) is 4.33. The molecule has 0 aromatic heterocycles. The lowest BCUT2D eigenvalue weighted by atomic mass is 10.1. The highest BCUT2D eigenvalue weighted by Crippen LogP contribution is 2.29. The van der Waals surface area contributed by atoms with Crippen LogP contribution in [0.25, 0.3) is 0 Å². The minimum Gasteiger partial charge on any atom is -0.367 e. The molecule has 0 bridgehead atoms. The van der Waals surface area contributed by atoms with Crippen LogP contribution in [0.4, 0.5) is 5.69 Å². The fraction of sp³-hybridized carbons (Fsp3) is 0.481. The topological polar surface area (TPSA) is 34.2 Å². The third-order valence-electron chi connectivity index (χ3n) is 5.32.